The molecule has 0 radical (unpaired) electrons. The number of benzene rings is 1. The minimum Gasteiger partial charge on any atom is -0.375 e. The molecule has 3 nitrogen and oxygen atoms in total. The molecule has 0 aliphatic rings. The summed E-state index contributed by atoms with van der Waals surface area (Å²) >= 11 is 0. The predicted octanol–water partition coefficient (Wildman–Crippen LogP) is 2.33. The molecule has 1 aromatic rings. The van der Waals surface area contributed by atoms with Gasteiger partial charge in [0.25, 0.3) is 0 Å². The van der Waals surface area contributed by atoms with Crippen LogP contribution in [0, 0.1) is 0 Å². The third kappa shape index (κ3) is 5.78. The highest BCUT2D eigenvalue weighted by molar-refractivity contribution is 7.90. The average Bonchev–Trinajstić information content (AvgIpc) is 2.37. The van der Waals surface area contributed by atoms with Gasteiger partial charge in [-0.1, -0.05) is 25.4 Å². The lowest BCUT2D eigenvalue weighted by Crippen LogP contribution is -2.18. The first kappa shape index (κ1) is 16.2. The largest absolute Gasteiger partial charge is 0.375 e. The summed E-state index contributed by atoms with van der Waals surface area (Å²) in [6.07, 6.45) is 3.82. The van der Waals surface area contributed by atoms with E-state index in [0.29, 0.717) is 4.90 Å². The summed E-state index contributed by atoms with van der Waals surface area (Å²) in [6, 6.07) is 10.0. The van der Waals surface area contributed by atoms with Gasteiger partial charge in [0.1, 0.15) is 0 Å². The Kier molecular flexibility index (Phi) is 6.58. The van der Waals surface area contributed by atoms with Gasteiger partial charge in [-0.05, 0) is 30.7 Å². The quantitative estimate of drug-likeness (QED) is 0.546. The van der Waals surface area contributed by atoms with Crippen molar-refractivity contribution in [2.24, 2.45) is 0 Å². The van der Waals surface area contributed by atoms with E-state index in [-0.39, 0.29) is 9.52 Å². The van der Waals surface area contributed by atoms with Crippen molar-refractivity contribution in [2.45, 2.75) is 36.7 Å². The van der Waals surface area contributed by atoms with E-state index in [1.165, 1.54) is 31.2 Å². The fraction of sp³-hybridized carbons (Fsp3) is 0.571. The minimum atomic E-state index is -3.09. The highest BCUT2D eigenvalue weighted by Crippen LogP contribution is 2.17. The van der Waals surface area contributed by atoms with E-state index in [0.717, 1.165) is 12.2 Å². The molecule has 0 saturated heterocycles. The van der Waals surface area contributed by atoms with Gasteiger partial charge in [0.15, 0.2) is 9.84 Å². The van der Waals surface area contributed by atoms with Gasteiger partial charge >= 0.3 is 0 Å². The van der Waals surface area contributed by atoms with E-state index in [1.54, 1.807) is 12.1 Å². The third-order valence-corrected chi connectivity index (χ3v) is 6.64. The molecule has 0 unspecified atom stereocenters. The second-order valence-electron chi connectivity index (χ2n) is 5.10. The molecule has 0 bridgehead atoms. The van der Waals surface area contributed by atoms with Crippen molar-refractivity contribution in [1.82, 2.24) is 0 Å². The molecule has 0 spiro atoms. The Labute approximate surface area is 119 Å². The van der Waals surface area contributed by atoms with Crippen LogP contribution in [-0.2, 0) is 9.84 Å². The monoisotopic (exact) mass is 299 g/mol. The topological polar surface area (TPSA) is 37.4 Å². The zero-order chi connectivity index (χ0) is 14.3. The van der Waals surface area contributed by atoms with Crippen molar-refractivity contribution in [2.75, 3.05) is 24.7 Å². The second kappa shape index (κ2) is 7.70. The maximum Gasteiger partial charge on any atom is 0.175 e. The van der Waals surface area contributed by atoms with Gasteiger partial charge in [0, 0.05) is 35.1 Å². The first-order valence-corrected chi connectivity index (χ1v) is 10.9. The molecule has 0 aliphatic heterocycles. The van der Waals surface area contributed by atoms with Crippen LogP contribution in [0.25, 0.3) is 0 Å². The van der Waals surface area contributed by atoms with Gasteiger partial charge in [0.2, 0.25) is 0 Å². The maximum atomic E-state index is 11.4. The van der Waals surface area contributed by atoms with Crippen LogP contribution in [0.4, 0.5) is 5.69 Å². The summed E-state index contributed by atoms with van der Waals surface area (Å²) in [6.45, 7) is 3.30. The zero-order valence-corrected chi connectivity index (χ0v) is 14.5. The van der Waals surface area contributed by atoms with Gasteiger partial charge in [-0.2, -0.15) is 0 Å². The molecule has 19 heavy (non-hydrogen) atoms. The Morgan fingerprint density at radius 3 is 2.32 bits per heavy atom. The van der Waals surface area contributed by atoms with Crippen molar-refractivity contribution >= 4 is 25.0 Å². The standard InChI is InChI=1S/C14H25NO2SSi/c1-4-11-19-12-5-10-15(2)13-6-8-14(9-7-13)18(3,16)17/h6-9H,4-5,10-12,19H2,1-3H3. The lowest BCUT2D eigenvalue weighted by Gasteiger charge is -2.19. The van der Waals surface area contributed by atoms with Gasteiger partial charge in [-0.15, -0.1) is 0 Å². The molecule has 0 amide bonds. The van der Waals surface area contributed by atoms with Crippen molar-refractivity contribution in [3.05, 3.63) is 24.3 Å². The van der Waals surface area contributed by atoms with Crippen LogP contribution in [-0.4, -0.2) is 37.8 Å². The van der Waals surface area contributed by atoms with Crippen LogP contribution in [0.5, 0.6) is 0 Å². The fourth-order valence-corrected chi connectivity index (χ4v) is 4.09. The Hall–Kier alpha value is -0.813. The van der Waals surface area contributed by atoms with Gasteiger partial charge in [0.05, 0.1) is 4.90 Å². The molecule has 1 rings (SSSR count). The van der Waals surface area contributed by atoms with Crippen molar-refractivity contribution in [3.8, 4) is 0 Å². The van der Waals surface area contributed by atoms with E-state index >= 15 is 0 Å². The number of hydrogen-bond acceptors (Lipinski definition) is 3. The van der Waals surface area contributed by atoms with Gasteiger partial charge < -0.3 is 4.90 Å². The van der Waals surface area contributed by atoms with Crippen LogP contribution in [0.1, 0.15) is 19.8 Å². The fourth-order valence-electron chi connectivity index (χ4n) is 2.03. The van der Waals surface area contributed by atoms with Crippen LogP contribution in [0.2, 0.25) is 12.1 Å². The van der Waals surface area contributed by atoms with Gasteiger partial charge in [-0.25, -0.2) is 8.42 Å². The van der Waals surface area contributed by atoms with Gasteiger partial charge in [-0.3, -0.25) is 0 Å². The molecular formula is C14H25NO2SSi. The molecule has 0 fully saturated rings. The number of nitrogens with zero attached hydrogens (tertiary/aromatic N) is 1. The lowest BCUT2D eigenvalue weighted by atomic mass is 10.3. The molecule has 0 atom stereocenters. The molecular weight excluding hydrogens is 274 g/mol. The molecule has 108 valence electrons. The number of hydrogen-bond donors (Lipinski definition) is 0. The van der Waals surface area contributed by atoms with Crippen molar-refractivity contribution < 1.29 is 8.42 Å². The first-order valence-electron chi connectivity index (χ1n) is 6.96. The molecule has 0 aromatic heterocycles. The average molecular weight is 300 g/mol. The number of sulfone groups is 1. The molecule has 0 saturated carbocycles. The smallest absolute Gasteiger partial charge is 0.175 e. The van der Waals surface area contributed by atoms with Crippen molar-refractivity contribution in [1.29, 1.82) is 0 Å². The Morgan fingerprint density at radius 2 is 1.79 bits per heavy atom. The van der Waals surface area contributed by atoms with Crippen LogP contribution < -0.4 is 4.90 Å². The van der Waals surface area contributed by atoms with Crippen LogP contribution >= 0.6 is 0 Å². The van der Waals surface area contributed by atoms with E-state index in [9.17, 15) is 8.42 Å². The van der Waals surface area contributed by atoms with E-state index in [1.807, 2.05) is 12.1 Å². The number of anilines is 1. The van der Waals surface area contributed by atoms with E-state index in [4.69, 9.17) is 0 Å². The van der Waals surface area contributed by atoms with E-state index < -0.39 is 9.84 Å². The molecule has 0 aliphatic carbocycles. The summed E-state index contributed by atoms with van der Waals surface area (Å²) in [5.41, 5.74) is 1.09. The maximum absolute atomic E-state index is 11.4. The summed E-state index contributed by atoms with van der Waals surface area (Å²) in [4.78, 5) is 2.59. The van der Waals surface area contributed by atoms with E-state index in [2.05, 4.69) is 18.9 Å². The summed E-state index contributed by atoms with van der Waals surface area (Å²) in [5.74, 6) is 0. The van der Waals surface area contributed by atoms with Crippen LogP contribution in [0.3, 0.4) is 0 Å². The first-order chi connectivity index (χ1) is 8.95. The minimum absolute atomic E-state index is 0.157. The molecule has 1 aromatic carbocycles. The Morgan fingerprint density at radius 1 is 1.16 bits per heavy atom. The summed E-state index contributed by atoms with van der Waals surface area (Å²) < 4.78 is 22.8. The molecule has 0 N–H and O–H groups in total. The summed E-state index contributed by atoms with van der Waals surface area (Å²) in [7, 11) is -0.862. The third-order valence-electron chi connectivity index (χ3n) is 3.30. The highest BCUT2D eigenvalue weighted by atomic mass is 32.2. The Bertz CT molecular complexity index is 471. The zero-order valence-electron chi connectivity index (χ0n) is 12.2. The SMILES string of the molecule is CCC[SiH2]CCCN(C)c1ccc(S(C)(=O)=O)cc1. The lowest BCUT2D eigenvalue weighted by molar-refractivity contribution is 0.602. The highest BCUT2D eigenvalue weighted by Gasteiger charge is 2.07. The van der Waals surface area contributed by atoms with Crippen molar-refractivity contribution in [3.63, 3.8) is 0 Å². The second-order valence-corrected chi connectivity index (χ2v) is 9.24. The van der Waals surface area contributed by atoms with Crippen LogP contribution in [0.15, 0.2) is 29.2 Å². The molecule has 5 heteroatoms. The normalized spacial score (nSPS) is 12.2. The predicted molar refractivity (Wildman–Crippen MR) is 85.9 cm³/mol. The Balaban J connectivity index is 2.47. The number of rotatable bonds is 8. The summed E-state index contributed by atoms with van der Waals surface area (Å²) in [5, 5.41) is 0. The molecule has 0 heterocycles.